The molecule has 7 heavy (non-hydrogen) atoms. The molecule has 0 heterocycles. The van der Waals surface area contributed by atoms with Crippen LogP contribution in [0.4, 0.5) is 0 Å². The first kappa shape index (κ1) is 8.20. The Morgan fingerprint density at radius 3 is 1.14 bits per heavy atom. The van der Waals surface area contributed by atoms with Crippen LogP contribution in [0.5, 0.6) is 0 Å². The Morgan fingerprint density at radius 2 is 1.14 bits per heavy atom. The molecule has 0 rings (SSSR count). The van der Waals surface area contributed by atoms with Crippen molar-refractivity contribution in [1.82, 2.24) is 0 Å². The molecule has 0 spiro atoms. The van der Waals surface area contributed by atoms with Crippen LogP contribution in [0.25, 0.3) is 0 Å². The summed E-state index contributed by atoms with van der Waals surface area (Å²) in [6.45, 7) is 0. The van der Waals surface area contributed by atoms with Gasteiger partial charge >= 0.3 is 60.4 Å². The van der Waals surface area contributed by atoms with Gasteiger partial charge in [-0.05, 0) is 0 Å². The van der Waals surface area contributed by atoms with Gasteiger partial charge < -0.3 is 0 Å². The van der Waals surface area contributed by atoms with Gasteiger partial charge in [-0.15, -0.1) is 0 Å². The second-order valence-corrected chi connectivity index (χ2v) is 4.52. The molecule has 3 nitrogen and oxygen atoms in total. The predicted octanol–water partition coefficient (Wildman–Crippen LogP) is 0.291. The molecular weight excluding hydrogens is 241 g/mol. The van der Waals surface area contributed by atoms with Gasteiger partial charge in [-0.25, -0.2) is 0 Å². The van der Waals surface area contributed by atoms with Crippen molar-refractivity contribution in [2.45, 2.75) is 0 Å². The molecule has 0 N–H and O–H groups in total. The van der Waals surface area contributed by atoms with Gasteiger partial charge in [-0.3, -0.25) is 0 Å². The molecule has 47 valence electrons. The zero-order chi connectivity index (χ0) is 5.70. The minimum atomic E-state index is -1.98. The zero-order valence-electron chi connectivity index (χ0n) is 4.58. The molecule has 0 aromatic carbocycles. The first-order valence-corrected chi connectivity index (χ1v) is 4.44. The van der Waals surface area contributed by atoms with E-state index < -0.39 is 35.6 Å². The van der Waals surface area contributed by atoms with E-state index in [4.69, 9.17) is 3.52 Å². The maximum atomic E-state index is 4.78. The Bertz CT molecular complexity index is 31.7. The number of hydrogen-bond acceptors (Lipinski definition) is 3. The van der Waals surface area contributed by atoms with E-state index in [-0.39, 0.29) is 0 Å². The van der Waals surface area contributed by atoms with E-state index in [1.807, 2.05) is 0 Å². The van der Waals surface area contributed by atoms with Crippen LogP contribution in [0.15, 0.2) is 0 Å². The third kappa shape index (κ3) is 3.76. The average Bonchev–Trinajstić information content (AvgIpc) is 1.72. The maximum absolute atomic E-state index is 4.78. The summed E-state index contributed by atoms with van der Waals surface area (Å²) < 4.78 is 14.3. The van der Waals surface area contributed by atoms with Crippen molar-refractivity contribution in [2.24, 2.45) is 0 Å². The van der Waals surface area contributed by atoms with Crippen molar-refractivity contribution in [1.29, 1.82) is 0 Å². The average molecular weight is 250 g/mol. The molecule has 0 unspecified atom stereocenters. The van der Waals surface area contributed by atoms with Gasteiger partial charge in [0.2, 0.25) is 0 Å². The SMILES string of the molecule is C[O][Gd]([O]C)[O]C. The summed E-state index contributed by atoms with van der Waals surface area (Å²) in [6, 6.07) is 0. The summed E-state index contributed by atoms with van der Waals surface area (Å²) >= 11 is -1.98. The van der Waals surface area contributed by atoms with Crippen LogP contribution in [0.2, 0.25) is 0 Å². The molecule has 0 aliphatic heterocycles. The molecule has 0 atom stereocenters. The molecule has 0 aliphatic rings. The molecule has 0 radical (unpaired) electrons. The van der Waals surface area contributed by atoms with E-state index >= 15 is 0 Å². The van der Waals surface area contributed by atoms with Gasteiger partial charge in [0, 0.05) is 0 Å². The fraction of sp³-hybridized carbons (Fsp3) is 1.00. The second kappa shape index (κ2) is 5.34. The summed E-state index contributed by atoms with van der Waals surface area (Å²) in [5.41, 5.74) is 0. The van der Waals surface area contributed by atoms with Crippen LogP contribution in [0, 0.1) is 35.6 Å². The Hall–Kier alpha value is 1.20. The minimum absolute atomic E-state index is 1.59. The van der Waals surface area contributed by atoms with E-state index in [9.17, 15) is 0 Å². The van der Waals surface area contributed by atoms with Gasteiger partial charge in [0.1, 0.15) is 0 Å². The normalized spacial score (nSPS) is 11.6. The van der Waals surface area contributed by atoms with Crippen molar-refractivity contribution in [3.8, 4) is 0 Å². The fourth-order valence-electron chi connectivity index (χ4n) is 0.177. The second-order valence-electron chi connectivity index (χ2n) is 0.610. The summed E-state index contributed by atoms with van der Waals surface area (Å²) in [5, 5.41) is 0. The van der Waals surface area contributed by atoms with Gasteiger partial charge in [0.25, 0.3) is 0 Å². The van der Waals surface area contributed by atoms with E-state index in [1.54, 1.807) is 21.3 Å². The summed E-state index contributed by atoms with van der Waals surface area (Å²) in [6.07, 6.45) is 0. The molecule has 0 fully saturated rings. The van der Waals surface area contributed by atoms with Crippen LogP contribution in [0.1, 0.15) is 0 Å². The van der Waals surface area contributed by atoms with Crippen LogP contribution in [0.3, 0.4) is 0 Å². The molecule has 0 aromatic rings. The monoisotopic (exact) mass is 251 g/mol. The predicted molar refractivity (Wildman–Crippen MR) is 21.0 cm³/mol. The Labute approximate surface area is 59.9 Å². The van der Waals surface area contributed by atoms with Crippen LogP contribution in [-0.4, -0.2) is 21.3 Å². The summed E-state index contributed by atoms with van der Waals surface area (Å²) in [4.78, 5) is 0. The fourth-order valence-corrected chi connectivity index (χ4v) is 1.31. The molecule has 0 saturated carbocycles. The van der Waals surface area contributed by atoms with Crippen molar-refractivity contribution in [3.05, 3.63) is 0 Å². The third-order valence-corrected chi connectivity index (χ3v) is 2.62. The summed E-state index contributed by atoms with van der Waals surface area (Å²) in [5.74, 6) is 0. The van der Waals surface area contributed by atoms with Gasteiger partial charge in [-0.1, -0.05) is 0 Å². The Kier molecular flexibility index (Phi) is 6.26. The van der Waals surface area contributed by atoms with Crippen molar-refractivity contribution >= 4 is 0 Å². The first-order valence-electron chi connectivity index (χ1n) is 1.66. The molecule has 0 aliphatic carbocycles. The van der Waals surface area contributed by atoms with Gasteiger partial charge in [0.15, 0.2) is 0 Å². The topological polar surface area (TPSA) is 27.7 Å². The van der Waals surface area contributed by atoms with Gasteiger partial charge in [0.05, 0.1) is 0 Å². The summed E-state index contributed by atoms with van der Waals surface area (Å²) in [7, 11) is 4.77. The Balaban J connectivity index is 2.99. The van der Waals surface area contributed by atoms with E-state index in [1.165, 1.54) is 0 Å². The molecule has 4 heteroatoms. The molecular formula is C3H9GdO3. The van der Waals surface area contributed by atoms with Crippen molar-refractivity contribution in [3.63, 3.8) is 0 Å². The van der Waals surface area contributed by atoms with E-state index in [2.05, 4.69) is 0 Å². The standard InChI is InChI=1S/3CH3O.Gd/c3*1-2;/h3*1H3;/q3*-1;+3. The number of hydrogen-bond donors (Lipinski definition) is 0. The van der Waals surface area contributed by atoms with Crippen molar-refractivity contribution in [2.75, 3.05) is 21.3 Å². The first-order chi connectivity index (χ1) is 3.35. The van der Waals surface area contributed by atoms with E-state index in [0.29, 0.717) is 0 Å². The van der Waals surface area contributed by atoms with Crippen LogP contribution < -0.4 is 0 Å². The molecule has 0 amide bonds. The van der Waals surface area contributed by atoms with Gasteiger partial charge in [-0.2, -0.15) is 0 Å². The molecule has 0 aromatic heterocycles. The Morgan fingerprint density at radius 1 is 0.857 bits per heavy atom. The quantitative estimate of drug-likeness (QED) is 0.720. The van der Waals surface area contributed by atoms with Crippen molar-refractivity contribution < 1.29 is 39.1 Å². The third-order valence-electron chi connectivity index (χ3n) is 0.354. The van der Waals surface area contributed by atoms with Crippen LogP contribution in [-0.2, 0) is 3.52 Å². The zero-order valence-corrected chi connectivity index (χ0v) is 6.85. The number of rotatable bonds is 3. The van der Waals surface area contributed by atoms with Crippen LogP contribution >= 0.6 is 0 Å². The molecule has 0 saturated heterocycles. The molecule has 0 bridgehead atoms. The van der Waals surface area contributed by atoms with E-state index in [0.717, 1.165) is 0 Å².